The summed E-state index contributed by atoms with van der Waals surface area (Å²) in [6, 6.07) is 8.53. The lowest BCUT2D eigenvalue weighted by Crippen LogP contribution is -2.50. The van der Waals surface area contributed by atoms with E-state index >= 15 is 0 Å². The second-order valence-corrected chi connectivity index (χ2v) is 7.46. The van der Waals surface area contributed by atoms with Gasteiger partial charge in [-0.25, -0.2) is 0 Å². The van der Waals surface area contributed by atoms with Gasteiger partial charge >= 0.3 is 5.97 Å². The number of aliphatic carboxylic acids is 1. The molecule has 1 aromatic rings. The number of amides is 1. The van der Waals surface area contributed by atoms with E-state index in [0.717, 1.165) is 24.8 Å². The van der Waals surface area contributed by atoms with Crippen LogP contribution in [0.3, 0.4) is 0 Å². The van der Waals surface area contributed by atoms with Crippen molar-refractivity contribution in [3.63, 3.8) is 0 Å². The summed E-state index contributed by atoms with van der Waals surface area (Å²) >= 11 is 0. The van der Waals surface area contributed by atoms with Crippen LogP contribution in [0.4, 0.5) is 0 Å². The van der Waals surface area contributed by atoms with Gasteiger partial charge in [-0.3, -0.25) is 14.4 Å². The van der Waals surface area contributed by atoms with Crippen molar-refractivity contribution in [1.82, 2.24) is 4.90 Å². The first-order valence-electron chi connectivity index (χ1n) is 9.98. The van der Waals surface area contributed by atoms with Crippen LogP contribution in [0.5, 0.6) is 0 Å². The zero-order valence-electron chi connectivity index (χ0n) is 16.3. The van der Waals surface area contributed by atoms with Gasteiger partial charge in [0.15, 0.2) is 5.78 Å². The van der Waals surface area contributed by atoms with E-state index in [1.807, 2.05) is 30.3 Å². The zero-order valence-corrected chi connectivity index (χ0v) is 16.3. The second-order valence-electron chi connectivity index (χ2n) is 7.46. The predicted octanol–water partition coefficient (Wildman–Crippen LogP) is 1.34. The quantitative estimate of drug-likeness (QED) is 0.463. The topological polar surface area (TPSA) is 127 Å². The Kier molecular flexibility index (Phi) is 8.60. The number of benzene rings is 1. The molecule has 154 valence electrons. The van der Waals surface area contributed by atoms with Gasteiger partial charge in [-0.05, 0) is 37.8 Å². The summed E-state index contributed by atoms with van der Waals surface area (Å²) in [7, 11) is 0. The number of carbonyl (C=O) groups excluding carboxylic acids is 2. The first-order valence-corrected chi connectivity index (χ1v) is 9.98. The molecule has 1 aliphatic rings. The van der Waals surface area contributed by atoms with Gasteiger partial charge in [0.05, 0.1) is 24.4 Å². The fourth-order valence-electron chi connectivity index (χ4n) is 3.81. The van der Waals surface area contributed by atoms with Crippen LogP contribution in [0.15, 0.2) is 30.3 Å². The molecule has 5 N–H and O–H groups in total. The minimum absolute atomic E-state index is 0.0736. The van der Waals surface area contributed by atoms with Gasteiger partial charge in [0.25, 0.3) is 0 Å². The fourth-order valence-corrected chi connectivity index (χ4v) is 3.81. The lowest BCUT2D eigenvalue weighted by atomic mass is 9.94. The number of ketones is 1. The number of rotatable bonds is 12. The highest BCUT2D eigenvalue weighted by molar-refractivity contribution is 5.89. The maximum atomic E-state index is 12.8. The third-order valence-electron chi connectivity index (χ3n) is 5.38. The lowest BCUT2D eigenvalue weighted by molar-refractivity contribution is -0.142. The van der Waals surface area contributed by atoms with E-state index in [1.54, 1.807) is 4.90 Å². The van der Waals surface area contributed by atoms with Crippen LogP contribution >= 0.6 is 0 Å². The van der Waals surface area contributed by atoms with Crippen LogP contribution < -0.4 is 11.5 Å². The molecule has 7 nitrogen and oxygen atoms in total. The minimum atomic E-state index is -1.01. The van der Waals surface area contributed by atoms with Crippen molar-refractivity contribution in [2.45, 2.75) is 57.0 Å². The van der Waals surface area contributed by atoms with Gasteiger partial charge in [0.1, 0.15) is 0 Å². The fraction of sp³-hybridized carbons (Fsp3) is 0.571. The highest BCUT2D eigenvalue weighted by Crippen LogP contribution is 2.30. The van der Waals surface area contributed by atoms with Crippen molar-refractivity contribution in [3.05, 3.63) is 35.9 Å². The Morgan fingerprint density at radius 2 is 1.89 bits per heavy atom. The summed E-state index contributed by atoms with van der Waals surface area (Å²) < 4.78 is 0. The number of nitrogens with two attached hydrogens (primary N) is 2. The molecule has 2 rings (SSSR count). The normalized spacial score (nSPS) is 20.4. The van der Waals surface area contributed by atoms with Gasteiger partial charge in [0.2, 0.25) is 5.91 Å². The monoisotopic (exact) mass is 389 g/mol. The summed E-state index contributed by atoms with van der Waals surface area (Å²) in [6.45, 7) is 1.03. The maximum absolute atomic E-state index is 12.8. The molecule has 1 aromatic carbocycles. The summed E-state index contributed by atoms with van der Waals surface area (Å²) in [5.41, 5.74) is 12.8. The van der Waals surface area contributed by atoms with Crippen molar-refractivity contribution in [2.75, 3.05) is 13.1 Å². The number of Topliss-reactive ketones (excluding diaryl/α,β-unsaturated/α-hetero) is 1. The molecule has 0 spiro atoms. The van der Waals surface area contributed by atoms with Crippen molar-refractivity contribution < 1.29 is 19.5 Å². The number of hydrogen-bond donors (Lipinski definition) is 3. The summed E-state index contributed by atoms with van der Waals surface area (Å²) in [4.78, 5) is 38.1. The zero-order chi connectivity index (χ0) is 20.5. The van der Waals surface area contributed by atoms with E-state index in [2.05, 4.69) is 0 Å². The summed E-state index contributed by atoms with van der Waals surface area (Å²) in [5, 5.41) is 9.11. The van der Waals surface area contributed by atoms with Crippen LogP contribution in [-0.4, -0.2) is 52.8 Å². The summed E-state index contributed by atoms with van der Waals surface area (Å²) in [5.74, 6) is -1.91. The van der Waals surface area contributed by atoms with Gasteiger partial charge in [-0.15, -0.1) is 0 Å². The number of nitrogens with zero attached hydrogens (tertiary/aromatic N) is 1. The van der Waals surface area contributed by atoms with Crippen LogP contribution in [0, 0.1) is 5.92 Å². The molecule has 1 saturated heterocycles. The Morgan fingerprint density at radius 3 is 2.54 bits per heavy atom. The SMILES string of the molecule is NCCCCCC(=O)C(N)[C@@H]1C[C@@H](CC(=O)O)C(=O)N1CCc1ccccc1. The van der Waals surface area contributed by atoms with Crippen molar-refractivity contribution in [2.24, 2.45) is 17.4 Å². The van der Waals surface area contributed by atoms with Crippen molar-refractivity contribution in [3.8, 4) is 0 Å². The molecule has 1 fully saturated rings. The lowest BCUT2D eigenvalue weighted by Gasteiger charge is -2.29. The molecule has 3 atom stereocenters. The van der Waals surface area contributed by atoms with Crippen LogP contribution in [0.2, 0.25) is 0 Å². The first kappa shape index (κ1) is 22.0. The third kappa shape index (κ3) is 6.14. The highest BCUT2D eigenvalue weighted by Gasteiger charge is 2.44. The molecule has 28 heavy (non-hydrogen) atoms. The van der Waals surface area contributed by atoms with E-state index < -0.39 is 24.0 Å². The number of likely N-dealkylation sites (tertiary alicyclic amines) is 1. The largest absolute Gasteiger partial charge is 0.481 e. The van der Waals surface area contributed by atoms with Gasteiger partial charge in [-0.1, -0.05) is 36.8 Å². The number of hydrogen-bond acceptors (Lipinski definition) is 5. The number of carbonyl (C=O) groups is 3. The molecule has 0 radical (unpaired) electrons. The standard InChI is InChI=1S/C21H31N3O4/c22-11-6-2-5-9-18(25)20(23)17-13-16(14-19(26)27)21(28)24(17)12-10-15-7-3-1-4-8-15/h1,3-4,7-8,16-17,20H,2,5-6,9-14,22-23H2,(H,26,27)/t16-,17-,20?/m0/s1. The molecule has 0 bridgehead atoms. The van der Waals surface area contributed by atoms with Gasteiger partial charge in [0, 0.05) is 13.0 Å². The summed E-state index contributed by atoms with van der Waals surface area (Å²) in [6.07, 6.45) is 3.56. The minimum Gasteiger partial charge on any atom is -0.481 e. The number of carboxylic acids is 1. The van der Waals surface area contributed by atoms with Crippen molar-refractivity contribution >= 4 is 17.7 Å². The molecule has 0 aromatic heterocycles. The average molecular weight is 389 g/mol. The molecular formula is C21H31N3O4. The molecule has 0 aliphatic carbocycles. The van der Waals surface area contributed by atoms with Crippen molar-refractivity contribution in [1.29, 1.82) is 0 Å². The molecule has 1 unspecified atom stereocenters. The van der Waals surface area contributed by atoms with E-state index in [-0.39, 0.29) is 18.1 Å². The maximum Gasteiger partial charge on any atom is 0.304 e. The van der Waals surface area contributed by atoms with E-state index in [0.29, 0.717) is 32.4 Å². The molecule has 7 heteroatoms. The molecular weight excluding hydrogens is 358 g/mol. The van der Waals surface area contributed by atoms with Gasteiger partial charge < -0.3 is 21.5 Å². The molecule has 0 saturated carbocycles. The Morgan fingerprint density at radius 1 is 1.18 bits per heavy atom. The molecule has 1 aliphatic heterocycles. The Balaban J connectivity index is 2.04. The van der Waals surface area contributed by atoms with Crippen LogP contribution in [-0.2, 0) is 20.8 Å². The molecule has 1 amide bonds. The first-order chi connectivity index (χ1) is 13.4. The highest BCUT2D eigenvalue weighted by atomic mass is 16.4. The van der Waals surface area contributed by atoms with E-state index in [1.165, 1.54) is 0 Å². The van der Waals surface area contributed by atoms with E-state index in [9.17, 15) is 14.4 Å². The Hall–Kier alpha value is -2.25. The predicted molar refractivity (Wildman–Crippen MR) is 107 cm³/mol. The Labute approximate surface area is 166 Å². The number of unbranched alkanes of at least 4 members (excludes halogenated alkanes) is 2. The second kappa shape index (κ2) is 10.9. The smallest absolute Gasteiger partial charge is 0.304 e. The molecule has 1 heterocycles. The number of carboxylic acid groups (broad SMARTS) is 1. The van der Waals surface area contributed by atoms with E-state index in [4.69, 9.17) is 16.6 Å². The van der Waals surface area contributed by atoms with Gasteiger partial charge in [-0.2, -0.15) is 0 Å². The average Bonchev–Trinajstić information content (AvgIpc) is 2.98. The third-order valence-corrected chi connectivity index (χ3v) is 5.38. The Bertz CT molecular complexity index is 665. The van der Waals surface area contributed by atoms with Crippen LogP contribution in [0.25, 0.3) is 0 Å². The van der Waals surface area contributed by atoms with Crippen LogP contribution in [0.1, 0.15) is 44.1 Å².